The van der Waals surface area contributed by atoms with E-state index >= 15 is 0 Å². The largest absolute Gasteiger partial charge is 0.445 e. The summed E-state index contributed by atoms with van der Waals surface area (Å²) in [5, 5.41) is 7.28. The third-order valence-electron chi connectivity index (χ3n) is 6.57. The Morgan fingerprint density at radius 3 is 2.27 bits per heavy atom. The van der Waals surface area contributed by atoms with Crippen molar-refractivity contribution in [2.45, 2.75) is 32.0 Å². The molecule has 1 N–H and O–H groups in total. The zero-order chi connectivity index (χ0) is 23.5. The van der Waals surface area contributed by atoms with Crippen LogP contribution in [0, 0.1) is 30.6 Å². The lowest BCUT2D eigenvalue weighted by atomic mass is 9.85. The van der Waals surface area contributed by atoms with E-state index in [0.717, 1.165) is 12.0 Å². The number of aryl methyl sites for hydroxylation is 1. The van der Waals surface area contributed by atoms with Crippen molar-refractivity contribution < 1.29 is 27.6 Å². The van der Waals surface area contributed by atoms with E-state index in [1.807, 2.05) is 31.2 Å². The summed E-state index contributed by atoms with van der Waals surface area (Å²) in [6.45, 7) is 1.89. The van der Waals surface area contributed by atoms with E-state index in [0.29, 0.717) is 5.56 Å². The molecule has 1 aliphatic heterocycles. The maximum absolute atomic E-state index is 13.3. The van der Waals surface area contributed by atoms with Crippen LogP contribution in [-0.4, -0.2) is 32.8 Å². The first-order valence-corrected chi connectivity index (χ1v) is 11.3. The highest BCUT2D eigenvalue weighted by atomic mass is 32.1. The van der Waals surface area contributed by atoms with Crippen molar-refractivity contribution in [3.05, 3.63) is 52.6 Å². The molecule has 11 heteroatoms. The Morgan fingerprint density at radius 1 is 1.12 bits per heavy atom. The standard InChI is InChI=1S/C22H19F3N4O3S/c1-10-2-4-11(5-3-10)14(9-15(30)26-21-28-27-20(33-21)22(23,24)25)29-18(31)16-12-6-7-13(8-12)17(16)19(29)32/h2-7,12-14,16-17H,8-9H2,1H3,(H,26,28,30). The molecule has 0 radical (unpaired) electrons. The van der Waals surface area contributed by atoms with Crippen LogP contribution < -0.4 is 5.32 Å². The minimum absolute atomic E-state index is 0.0242. The first-order valence-electron chi connectivity index (χ1n) is 10.5. The first-order chi connectivity index (χ1) is 15.6. The number of imide groups is 1. The molecule has 2 aliphatic carbocycles. The minimum atomic E-state index is -4.66. The van der Waals surface area contributed by atoms with Crippen LogP contribution in [0.4, 0.5) is 18.3 Å². The third kappa shape index (κ3) is 3.73. The molecule has 1 aromatic carbocycles. The SMILES string of the molecule is Cc1ccc(C(CC(=O)Nc2nnc(C(F)(F)F)s2)N2C(=O)C3C4C=CC(C4)C3C2=O)cc1. The number of aromatic nitrogens is 2. The summed E-state index contributed by atoms with van der Waals surface area (Å²) in [4.78, 5) is 40.6. The second kappa shape index (κ2) is 7.75. The normalized spacial score (nSPS) is 26.7. The van der Waals surface area contributed by atoms with E-state index < -0.39 is 35.0 Å². The van der Waals surface area contributed by atoms with Gasteiger partial charge in [-0.25, -0.2) is 0 Å². The smallest absolute Gasteiger partial charge is 0.300 e. The molecular formula is C22H19F3N4O3S. The quantitative estimate of drug-likeness (QED) is 0.524. The van der Waals surface area contributed by atoms with Crippen molar-refractivity contribution in [3.8, 4) is 0 Å². The fourth-order valence-corrected chi connectivity index (χ4v) is 5.74. The van der Waals surface area contributed by atoms with Crippen LogP contribution in [0.1, 0.15) is 35.0 Å². The van der Waals surface area contributed by atoms with E-state index in [1.165, 1.54) is 4.90 Å². The summed E-state index contributed by atoms with van der Waals surface area (Å²) in [6, 6.07) is 6.27. The van der Waals surface area contributed by atoms with Crippen LogP contribution in [-0.2, 0) is 20.6 Å². The van der Waals surface area contributed by atoms with E-state index in [-0.39, 0.29) is 46.5 Å². The monoisotopic (exact) mass is 476 g/mol. The Kier molecular flexibility index (Phi) is 5.11. The average Bonchev–Trinajstić information content (AvgIpc) is 3.52. The number of anilines is 1. The van der Waals surface area contributed by atoms with E-state index in [4.69, 9.17) is 0 Å². The number of hydrogen-bond acceptors (Lipinski definition) is 6. The molecule has 0 spiro atoms. The van der Waals surface area contributed by atoms with Crippen molar-refractivity contribution >= 4 is 34.2 Å². The van der Waals surface area contributed by atoms with Crippen LogP contribution in [0.5, 0.6) is 0 Å². The second-order valence-electron chi connectivity index (χ2n) is 8.64. The molecule has 2 fully saturated rings. The van der Waals surface area contributed by atoms with Gasteiger partial charge < -0.3 is 5.32 Å². The van der Waals surface area contributed by atoms with Crippen LogP contribution in [0.15, 0.2) is 36.4 Å². The molecule has 3 amide bonds. The van der Waals surface area contributed by atoms with Crippen LogP contribution in [0.25, 0.3) is 0 Å². The lowest BCUT2D eigenvalue weighted by Gasteiger charge is -2.28. The number of carbonyl (C=O) groups excluding carboxylic acids is 3. The lowest BCUT2D eigenvalue weighted by molar-refractivity contribution is -0.144. The van der Waals surface area contributed by atoms with E-state index in [1.54, 1.807) is 12.1 Å². The van der Waals surface area contributed by atoms with Gasteiger partial charge in [-0.15, -0.1) is 10.2 Å². The third-order valence-corrected chi connectivity index (χ3v) is 7.45. The predicted octanol–water partition coefficient (Wildman–Crippen LogP) is 3.74. The maximum atomic E-state index is 13.3. The number of benzene rings is 1. The number of halogens is 3. The van der Waals surface area contributed by atoms with Crippen molar-refractivity contribution in [1.29, 1.82) is 0 Å². The fourth-order valence-electron chi connectivity index (χ4n) is 5.11. The highest BCUT2D eigenvalue weighted by Crippen LogP contribution is 2.54. The Balaban J connectivity index is 1.41. The number of rotatable bonds is 5. The van der Waals surface area contributed by atoms with Crippen molar-refractivity contribution in [3.63, 3.8) is 0 Å². The number of likely N-dealkylation sites (tertiary alicyclic amines) is 1. The Hall–Kier alpha value is -3.08. The van der Waals surface area contributed by atoms with E-state index in [2.05, 4.69) is 15.5 Å². The average molecular weight is 476 g/mol. The topological polar surface area (TPSA) is 92.3 Å². The van der Waals surface area contributed by atoms with Crippen molar-refractivity contribution in [1.82, 2.24) is 15.1 Å². The molecular weight excluding hydrogens is 457 g/mol. The minimum Gasteiger partial charge on any atom is -0.300 e. The molecule has 1 saturated carbocycles. The van der Waals surface area contributed by atoms with Gasteiger partial charge in [0, 0.05) is 0 Å². The van der Waals surface area contributed by atoms with Crippen LogP contribution in [0.2, 0.25) is 0 Å². The van der Waals surface area contributed by atoms with Gasteiger partial charge in [-0.05, 0) is 30.7 Å². The van der Waals surface area contributed by atoms with Gasteiger partial charge in [0.25, 0.3) is 0 Å². The van der Waals surface area contributed by atoms with Gasteiger partial charge in [0.2, 0.25) is 27.9 Å². The van der Waals surface area contributed by atoms with Gasteiger partial charge in [-0.1, -0.05) is 53.3 Å². The Bertz CT molecular complexity index is 1130. The molecule has 172 valence electrons. The zero-order valence-electron chi connectivity index (χ0n) is 17.4. The Morgan fingerprint density at radius 2 is 1.73 bits per heavy atom. The summed E-state index contributed by atoms with van der Waals surface area (Å²) in [5.74, 6) is -2.04. The fraction of sp³-hybridized carbons (Fsp3) is 0.409. The number of hydrogen-bond donors (Lipinski definition) is 1. The number of nitrogens with zero attached hydrogens (tertiary/aromatic N) is 3. The molecule has 5 unspecified atom stereocenters. The summed E-state index contributed by atoms with van der Waals surface area (Å²) in [5.41, 5.74) is 1.57. The van der Waals surface area contributed by atoms with E-state index in [9.17, 15) is 27.6 Å². The predicted molar refractivity (Wildman–Crippen MR) is 112 cm³/mol. The maximum Gasteiger partial charge on any atom is 0.445 e. The lowest BCUT2D eigenvalue weighted by Crippen LogP contribution is -2.38. The highest BCUT2D eigenvalue weighted by molar-refractivity contribution is 7.15. The summed E-state index contributed by atoms with van der Waals surface area (Å²) >= 11 is 0.214. The van der Waals surface area contributed by atoms with Gasteiger partial charge in [0.1, 0.15) is 0 Å². The molecule has 7 nitrogen and oxygen atoms in total. The number of nitrogens with one attached hydrogen (secondary N) is 1. The molecule has 1 saturated heterocycles. The summed E-state index contributed by atoms with van der Waals surface area (Å²) in [6.07, 6.45) is -0.202. The molecule has 1 aromatic heterocycles. The zero-order valence-corrected chi connectivity index (χ0v) is 18.2. The summed E-state index contributed by atoms with van der Waals surface area (Å²) < 4.78 is 38.3. The number of carbonyl (C=O) groups is 3. The van der Waals surface area contributed by atoms with Gasteiger partial charge in [-0.3, -0.25) is 19.3 Å². The van der Waals surface area contributed by atoms with Crippen LogP contribution in [0.3, 0.4) is 0 Å². The van der Waals surface area contributed by atoms with Gasteiger partial charge in [-0.2, -0.15) is 13.2 Å². The van der Waals surface area contributed by atoms with Crippen molar-refractivity contribution in [2.24, 2.45) is 23.7 Å². The molecule has 2 heterocycles. The van der Waals surface area contributed by atoms with Gasteiger partial charge in [0.15, 0.2) is 0 Å². The molecule has 5 atom stereocenters. The van der Waals surface area contributed by atoms with Gasteiger partial charge >= 0.3 is 6.18 Å². The van der Waals surface area contributed by atoms with Crippen LogP contribution >= 0.6 is 11.3 Å². The highest BCUT2D eigenvalue weighted by Gasteiger charge is 2.60. The number of fused-ring (bicyclic) bond motifs is 5. The number of amides is 3. The van der Waals surface area contributed by atoms with Gasteiger partial charge in [0.05, 0.1) is 24.3 Å². The molecule has 33 heavy (non-hydrogen) atoms. The number of allylic oxidation sites excluding steroid dienone is 2. The molecule has 2 bridgehead atoms. The Labute approximate surface area is 190 Å². The summed E-state index contributed by atoms with van der Waals surface area (Å²) in [7, 11) is 0. The first kappa shape index (κ1) is 21.7. The molecule has 2 aromatic rings. The molecule has 3 aliphatic rings. The molecule has 5 rings (SSSR count). The number of alkyl halides is 3. The van der Waals surface area contributed by atoms with Crippen molar-refractivity contribution in [2.75, 3.05) is 5.32 Å². The second-order valence-corrected chi connectivity index (χ2v) is 9.61.